The van der Waals surface area contributed by atoms with Gasteiger partial charge >= 0.3 is 0 Å². The second-order valence-electron chi connectivity index (χ2n) is 6.85. The third-order valence-corrected chi connectivity index (χ3v) is 4.67. The molecule has 6 heteroatoms. The maximum absolute atomic E-state index is 12.3. The van der Waals surface area contributed by atoms with Gasteiger partial charge in [0.05, 0.1) is 12.6 Å². The van der Waals surface area contributed by atoms with Gasteiger partial charge in [-0.05, 0) is 51.1 Å². The number of carbonyl (C=O) groups excluding carboxylic acids is 2. The van der Waals surface area contributed by atoms with Crippen molar-refractivity contribution < 1.29 is 14.3 Å². The predicted octanol–water partition coefficient (Wildman–Crippen LogP) is 2.76. The number of anilines is 1. The van der Waals surface area contributed by atoms with Crippen LogP contribution in [0, 0.1) is 13.8 Å². The fourth-order valence-electron chi connectivity index (χ4n) is 2.73. The van der Waals surface area contributed by atoms with E-state index in [-0.39, 0.29) is 24.4 Å². The van der Waals surface area contributed by atoms with Gasteiger partial charge < -0.3 is 15.4 Å². The van der Waals surface area contributed by atoms with E-state index in [4.69, 9.17) is 4.74 Å². The SMILES string of the molecule is Cc1cccc(C)c1NC(=O)CNC(=O)C(C)N(C)CCOc1ccccc1. The first-order valence-electron chi connectivity index (χ1n) is 9.40. The van der Waals surface area contributed by atoms with E-state index in [1.165, 1.54) is 0 Å². The number of ether oxygens (including phenoxy) is 1. The first-order chi connectivity index (χ1) is 13.4. The first-order valence-corrected chi connectivity index (χ1v) is 9.40. The number of aryl methyl sites for hydroxylation is 2. The number of rotatable bonds is 9. The van der Waals surface area contributed by atoms with Crippen molar-refractivity contribution in [1.82, 2.24) is 10.2 Å². The molecule has 0 aromatic heterocycles. The van der Waals surface area contributed by atoms with Crippen molar-refractivity contribution in [2.24, 2.45) is 0 Å². The maximum atomic E-state index is 12.3. The highest BCUT2D eigenvalue weighted by Crippen LogP contribution is 2.19. The smallest absolute Gasteiger partial charge is 0.243 e. The fourth-order valence-corrected chi connectivity index (χ4v) is 2.73. The molecule has 0 spiro atoms. The molecule has 6 nitrogen and oxygen atoms in total. The van der Waals surface area contributed by atoms with E-state index in [1.54, 1.807) is 6.92 Å². The highest BCUT2D eigenvalue weighted by Gasteiger charge is 2.18. The Morgan fingerprint density at radius 2 is 1.68 bits per heavy atom. The number of likely N-dealkylation sites (N-methyl/N-ethyl adjacent to an activating group) is 1. The molecule has 1 atom stereocenters. The molecule has 2 rings (SSSR count). The van der Waals surface area contributed by atoms with Crippen molar-refractivity contribution in [3.8, 4) is 5.75 Å². The van der Waals surface area contributed by atoms with Crippen LogP contribution in [-0.2, 0) is 9.59 Å². The Labute approximate surface area is 166 Å². The third kappa shape index (κ3) is 6.39. The summed E-state index contributed by atoms with van der Waals surface area (Å²) < 4.78 is 5.66. The molecule has 28 heavy (non-hydrogen) atoms. The highest BCUT2D eigenvalue weighted by atomic mass is 16.5. The number of para-hydroxylation sites is 2. The molecule has 0 saturated carbocycles. The minimum atomic E-state index is -0.368. The molecule has 0 aliphatic carbocycles. The summed E-state index contributed by atoms with van der Waals surface area (Å²) in [5, 5.41) is 5.56. The monoisotopic (exact) mass is 383 g/mol. The minimum absolute atomic E-state index is 0.0642. The molecule has 2 amide bonds. The van der Waals surface area contributed by atoms with Crippen LogP contribution in [0.4, 0.5) is 5.69 Å². The lowest BCUT2D eigenvalue weighted by Gasteiger charge is -2.23. The largest absolute Gasteiger partial charge is 0.492 e. The van der Waals surface area contributed by atoms with Crippen LogP contribution >= 0.6 is 0 Å². The van der Waals surface area contributed by atoms with Gasteiger partial charge in [0.15, 0.2) is 0 Å². The van der Waals surface area contributed by atoms with Crippen LogP contribution in [0.3, 0.4) is 0 Å². The summed E-state index contributed by atoms with van der Waals surface area (Å²) in [6.07, 6.45) is 0. The van der Waals surface area contributed by atoms with Crippen molar-refractivity contribution in [3.05, 3.63) is 59.7 Å². The summed E-state index contributed by atoms with van der Waals surface area (Å²) in [6.45, 7) is 6.70. The number of nitrogens with zero attached hydrogens (tertiary/aromatic N) is 1. The topological polar surface area (TPSA) is 70.7 Å². The van der Waals surface area contributed by atoms with Crippen LogP contribution in [0.5, 0.6) is 5.75 Å². The quantitative estimate of drug-likeness (QED) is 0.699. The van der Waals surface area contributed by atoms with E-state index in [0.717, 1.165) is 22.6 Å². The van der Waals surface area contributed by atoms with E-state index >= 15 is 0 Å². The number of amides is 2. The lowest BCUT2D eigenvalue weighted by atomic mass is 10.1. The number of hydrogen-bond donors (Lipinski definition) is 2. The molecule has 1 unspecified atom stereocenters. The van der Waals surface area contributed by atoms with Gasteiger partial charge in [0.25, 0.3) is 0 Å². The van der Waals surface area contributed by atoms with Crippen LogP contribution in [0.1, 0.15) is 18.1 Å². The molecule has 2 aromatic carbocycles. The van der Waals surface area contributed by atoms with Crippen molar-refractivity contribution in [1.29, 1.82) is 0 Å². The van der Waals surface area contributed by atoms with Crippen LogP contribution in [0.2, 0.25) is 0 Å². The molecule has 0 aliphatic heterocycles. The minimum Gasteiger partial charge on any atom is -0.492 e. The summed E-state index contributed by atoms with van der Waals surface area (Å²) >= 11 is 0. The van der Waals surface area contributed by atoms with Gasteiger partial charge in [0.1, 0.15) is 12.4 Å². The van der Waals surface area contributed by atoms with Crippen molar-refractivity contribution in [2.75, 3.05) is 32.1 Å². The van der Waals surface area contributed by atoms with Gasteiger partial charge in [0, 0.05) is 12.2 Å². The summed E-state index contributed by atoms with van der Waals surface area (Å²) in [5.74, 6) is 0.364. The standard InChI is InChI=1S/C22H29N3O3/c1-16-9-8-10-17(2)21(16)24-20(26)15-23-22(27)18(3)25(4)13-14-28-19-11-6-5-7-12-19/h5-12,18H,13-15H2,1-4H3,(H,23,27)(H,24,26). The lowest BCUT2D eigenvalue weighted by molar-refractivity contribution is -0.127. The molecule has 0 bridgehead atoms. The van der Waals surface area contributed by atoms with Crippen LogP contribution in [0.25, 0.3) is 0 Å². The first kappa shape index (κ1) is 21.4. The number of benzene rings is 2. The molecule has 0 heterocycles. The Morgan fingerprint density at radius 3 is 2.32 bits per heavy atom. The predicted molar refractivity (Wildman–Crippen MR) is 112 cm³/mol. The van der Waals surface area contributed by atoms with Crippen molar-refractivity contribution in [2.45, 2.75) is 26.8 Å². The molecule has 2 aromatic rings. The normalized spacial score (nSPS) is 11.8. The van der Waals surface area contributed by atoms with Crippen molar-refractivity contribution in [3.63, 3.8) is 0 Å². The third-order valence-electron chi connectivity index (χ3n) is 4.67. The summed E-state index contributed by atoms with van der Waals surface area (Å²) in [6, 6.07) is 15.0. The van der Waals surface area contributed by atoms with E-state index in [0.29, 0.717) is 13.2 Å². The molecule has 2 N–H and O–H groups in total. The molecule has 0 fully saturated rings. The zero-order valence-corrected chi connectivity index (χ0v) is 17.0. The molecule has 150 valence electrons. The second-order valence-corrected chi connectivity index (χ2v) is 6.85. The van der Waals surface area contributed by atoms with Gasteiger partial charge in [-0.3, -0.25) is 14.5 Å². The molecular formula is C22H29N3O3. The van der Waals surface area contributed by atoms with E-state index in [1.807, 2.05) is 74.3 Å². The van der Waals surface area contributed by atoms with Crippen molar-refractivity contribution >= 4 is 17.5 Å². The van der Waals surface area contributed by atoms with E-state index in [2.05, 4.69) is 10.6 Å². The molecule has 0 radical (unpaired) electrons. The maximum Gasteiger partial charge on any atom is 0.243 e. The van der Waals surface area contributed by atoms with E-state index in [9.17, 15) is 9.59 Å². The Bertz CT molecular complexity index is 773. The molecular weight excluding hydrogens is 354 g/mol. The summed E-state index contributed by atoms with van der Waals surface area (Å²) in [7, 11) is 1.86. The number of carbonyl (C=O) groups is 2. The average molecular weight is 383 g/mol. The number of hydrogen-bond acceptors (Lipinski definition) is 4. The summed E-state index contributed by atoms with van der Waals surface area (Å²) in [4.78, 5) is 26.4. The lowest BCUT2D eigenvalue weighted by Crippen LogP contribution is -2.46. The van der Waals surface area contributed by atoms with Crippen LogP contribution < -0.4 is 15.4 Å². The highest BCUT2D eigenvalue weighted by molar-refractivity contribution is 5.96. The van der Waals surface area contributed by atoms with E-state index < -0.39 is 0 Å². The molecule has 0 saturated heterocycles. The number of nitrogens with one attached hydrogen (secondary N) is 2. The van der Waals surface area contributed by atoms with Crippen LogP contribution in [-0.4, -0.2) is 49.5 Å². The van der Waals surface area contributed by atoms with Gasteiger partial charge in [-0.2, -0.15) is 0 Å². The Kier molecular flexibility index (Phi) is 8.02. The average Bonchev–Trinajstić information content (AvgIpc) is 2.69. The Morgan fingerprint density at radius 1 is 1.04 bits per heavy atom. The Hall–Kier alpha value is -2.86. The van der Waals surface area contributed by atoms with Gasteiger partial charge in [0.2, 0.25) is 11.8 Å². The van der Waals surface area contributed by atoms with Gasteiger partial charge in [-0.1, -0.05) is 36.4 Å². The second kappa shape index (κ2) is 10.5. The fraction of sp³-hybridized carbons (Fsp3) is 0.364. The molecule has 0 aliphatic rings. The van der Waals surface area contributed by atoms with Gasteiger partial charge in [-0.15, -0.1) is 0 Å². The van der Waals surface area contributed by atoms with Crippen LogP contribution in [0.15, 0.2) is 48.5 Å². The zero-order valence-electron chi connectivity index (χ0n) is 17.0. The summed E-state index contributed by atoms with van der Waals surface area (Å²) in [5.41, 5.74) is 2.78. The Balaban J connectivity index is 1.74. The van der Waals surface area contributed by atoms with Gasteiger partial charge in [-0.25, -0.2) is 0 Å². The zero-order chi connectivity index (χ0) is 20.5.